The van der Waals surface area contributed by atoms with Gasteiger partial charge in [0.2, 0.25) is 0 Å². The van der Waals surface area contributed by atoms with E-state index in [1.54, 1.807) is 36.2 Å². The van der Waals surface area contributed by atoms with Gasteiger partial charge in [-0.2, -0.15) is 0 Å². The molecule has 4 aromatic rings. The first-order valence-electron chi connectivity index (χ1n) is 8.03. The Balaban J connectivity index is 1.65. The molecule has 0 aliphatic carbocycles. The van der Waals surface area contributed by atoms with E-state index in [2.05, 4.69) is 24.5 Å². The quantitative estimate of drug-likeness (QED) is 0.532. The number of hydrogen-bond donors (Lipinski definition) is 0. The summed E-state index contributed by atoms with van der Waals surface area (Å²) in [7, 11) is 0. The van der Waals surface area contributed by atoms with E-state index in [1.165, 1.54) is 0 Å². The highest BCUT2D eigenvalue weighted by Gasteiger charge is 2.10. The lowest BCUT2D eigenvalue weighted by Crippen LogP contribution is -2.17. The van der Waals surface area contributed by atoms with Crippen molar-refractivity contribution >= 4 is 17.0 Å². The minimum absolute atomic E-state index is 0.844. The Kier molecular flexibility index (Phi) is 4.56. The summed E-state index contributed by atoms with van der Waals surface area (Å²) in [6.45, 7) is 1.75. The first-order chi connectivity index (χ1) is 12.4. The van der Waals surface area contributed by atoms with E-state index in [1.807, 2.05) is 36.8 Å². The molecular formula is C18H17N5OS. The molecule has 25 heavy (non-hydrogen) atoms. The largest absolute Gasteiger partial charge is 0.463 e. The van der Waals surface area contributed by atoms with Crippen LogP contribution in [-0.2, 0) is 13.1 Å². The highest BCUT2D eigenvalue weighted by molar-refractivity contribution is 7.07. The molecule has 4 rings (SSSR count). The zero-order chi connectivity index (χ0) is 16.9. The van der Waals surface area contributed by atoms with E-state index >= 15 is 0 Å². The number of imidazole rings is 1. The van der Waals surface area contributed by atoms with E-state index in [0.717, 1.165) is 41.5 Å². The van der Waals surface area contributed by atoms with Crippen LogP contribution in [0.4, 0.5) is 5.69 Å². The van der Waals surface area contributed by atoms with Crippen LogP contribution in [0.25, 0.3) is 11.5 Å². The zero-order valence-electron chi connectivity index (χ0n) is 13.5. The van der Waals surface area contributed by atoms with Gasteiger partial charge in [0.25, 0.3) is 0 Å². The fourth-order valence-corrected chi connectivity index (χ4v) is 3.55. The first-order valence-corrected chi connectivity index (χ1v) is 8.91. The molecule has 0 radical (unpaired) electrons. The Labute approximate surface area is 148 Å². The van der Waals surface area contributed by atoms with Gasteiger partial charge in [-0.25, -0.2) is 9.98 Å². The summed E-state index contributed by atoms with van der Waals surface area (Å²) in [5, 5.41) is 2.09. The highest BCUT2D eigenvalue weighted by atomic mass is 32.1. The predicted octanol–water partition coefficient (Wildman–Crippen LogP) is 3.72. The fraction of sp³-hybridized carbons (Fsp3) is 0.167. The third-order valence-corrected chi connectivity index (χ3v) is 4.66. The molecule has 0 aliphatic rings. The van der Waals surface area contributed by atoms with E-state index in [-0.39, 0.29) is 0 Å². The molecule has 0 aliphatic heterocycles. The van der Waals surface area contributed by atoms with Gasteiger partial charge in [0.15, 0.2) is 10.6 Å². The van der Waals surface area contributed by atoms with Gasteiger partial charge in [-0.05, 0) is 30.7 Å². The standard InChI is InChI=1S/C18H17N5OS/c1-4-15(12-19-6-1)21-18-23(9-3-8-22-10-7-20-14-22)16(13-25-18)17-5-2-11-24-17/h1-2,4-7,10-14H,3,8-9H2. The number of aryl methyl sites for hydroxylation is 1. The number of furan rings is 1. The average Bonchev–Trinajstić information content (AvgIpc) is 3.38. The van der Waals surface area contributed by atoms with Crippen molar-refractivity contribution in [2.45, 2.75) is 19.5 Å². The molecule has 0 amide bonds. The smallest absolute Gasteiger partial charge is 0.190 e. The van der Waals surface area contributed by atoms with Crippen molar-refractivity contribution in [2.75, 3.05) is 0 Å². The van der Waals surface area contributed by atoms with Crippen molar-refractivity contribution in [1.29, 1.82) is 0 Å². The first kappa shape index (κ1) is 15.6. The molecule has 0 fully saturated rings. The van der Waals surface area contributed by atoms with Crippen molar-refractivity contribution < 1.29 is 4.42 Å². The van der Waals surface area contributed by atoms with Gasteiger partial charge < -0.3 is 13.6 Å². The van der Waals surface area contributed by atoms with E-state index in [4.69, 9.17) is 9.41 Å². The number of aromatic nitrogens is 4. The molecule has 4 heterocycles. The molecule has 0 spiro atoms. The van der Waals surface area contributed by atoms with Gasteiger partial charge in [-0.15, -0.1) is 11.3 Å². The molecule has 7 heteroatoms. The Hall–Kier alpha value is -2.93. The Morgan fingerprint density at radius 2 is 2.12 bits per heavy atom. The van der Waals surface area contributed by atoms with E-state index < -0.39 is 0 Å². The molecule has 0 bridgehead atoms. The zero-order valence-corrected chi connectivity index (χ0v) is 14.3. The number of thiazole rings is 1. The number of pyridine rings is 1. The SMILES string of the molecule is c1cncc(N=c2scc(-c3ccco3)n2CCCn2ccnc2)c1. The molecule has 0 aromatic carbocycles. The summed E-state index contributed by atoms with van der Waals surface area (Å²) in [5.41, 5.74) is 1.89. The minimum Gasteiger partial charge on any atom is -0.463 e. The van der Waals surface area contributed by atoms with Gasteiger partial charge in [0.1, 0.15) is 0 Å². The van der Waals surface area contributed by atoms with Gasteiger partial charge >= 0.3 is 0 Å². The monoisotopic (exact) mass is 351 g/mol. The summed E-state index contributed by atoms with van der Waals surface area (Å²) in [6.07, 6.45) is 11.8. The summed E-state index contributed by atoms with van der Waals surface area (Å²) < 4.78 is 9.88. The third-order valence-electron chi connectivity index (χ3n) is 3.80. The maximum atomic E-state index is 5.59. The number of rotatable bonds is 6. The van der Waals surface area contributed by atoms with Crippen molar-refractivity contribution in [3.05, 3.63) is 71.8 Å². The molecule has 6 nitrogen and oxygen atoms in total. The fourth-order valence-electron chi connectivity index (χ4n) is 2.62. The Bertz CT molecular complexity index is 968. The molecule has 0 unspecified atom stereocenters. The minimum atomic E-state index is 0.844. The summed E-state index contributed by atoms with van der Waals surface area (Å²) in [5.74, 6) is 0.853. The Morgan fingerprint density at radius 3 is 2.88 bits per heavy atom. The summed E-state index contributed by atoms with van der Waals surface area (Å²) in [6, 6.07) is 7.72. The molecule has 126 valence electrons. The number of hydrogen-bond acceptors (Lipinski definition) is 5. The summed E-state index contributed by atoms with van der Waals surface area (Å²) >= 11 is 1.61. The lowest BCUT2D eigenvalue weighted by Gasteiger charge is -2.08. The van der Waals surface area contributed by atoms with Crippen molar-refractivity contribution in [3.63, 3.8) is 0 Å². The summed E-state index contributed by atoms with van der Waals surface area (Å²) in [4.78, 5) is 13.9. The molecule has 0 saturated heterocycles. The maximum Gasteiger partial charge on any atom is 0.190 e. The van der Waals surface area contributed by atoms with Crippen LogP contribution in [0.15, 0.2) is 76.4 Å². The van der Waals surface area contributed by atoms with Crippen molar-refractivity contribution in [2.24, 2.45) is 4.99 Å². The molecule has 0 atom stereocenters. The molecule has 4 aromatic heterocycles. The van der Waals surface area contributed by atoms with Crippen LogP contribution in [0.3, 0.4) is 0 Å². The third kappa shape index (κ3) is 3.61. The number of nitrogens with zero attached hydrogens (tertiary/aromatic N) is 5. The van der Waals surface area contributed by atoms with Crippen LogP contribution in [0.1, 0.15) is 6.42 Å². The van der Waals surface area contributed by atoms with Crippen LogP contribution < -0.4 is 4.80 Å². The van der Waals surface area contributed by atoms with Crippen LogP contribution in [0.5, 0.6) is 0 Å². The lowest BCUT2D eigenvalue weighted by molar-refractivity contribution is 0.541. The van der Waals surface area contributed by atoms with E-state index in [0.29, 0.717) is 0 Å². The normalized spacial score (nSPS) is 11.9. The average molecular weight is 351 g/mol. The van der Waals surface area contributed by atoms with Gasteiger partial charge in [-0.1, -0.05) is 0 Å². The lowest BCUT2D eigenvalue weighted by atomic mass is 10.3. The van der Waals surface area contributed by atoms with Crippen LogP contribution in [0, 0.1) is 0 Å². The molecule has 0 saturated carbocycles. The van der Waals surface area contributed by atoms with Crippen molar-refractivity contribution in [3.8, 4) is 11.5 Å². The van der Waals surface area contributed by atoms with E-state index in [9.17, 15) is 0 Å². The van der Waals surface area contributed by atoms with Crippen LogP contribution in [-0.4, -0.2) is 19.1 Å². The van der Waals surface area contributed by atoms with Gasteiger partial charge in [0.05, 0.1) is 30.2 Å². The second-order valence-electron chi connectivity index (χ2n) is 5.51. The second-order valence-corrected chi connectivity index (χ2v) is 6.35. The van der Waals surface area contributed by atoms with Crippen LogP contribution in [0.2, 0.25) is 0 Å². The molecule has 0 N–H and O–H groups in total. The van der Waals surface area contributed by atoms with Gasteiger partial charge in [0, 0.05) is 37.1 Å². The highest BCUT2D eigenvalue weighted by Crippen LogP contribution is 2.21. The maximum absolute atomic E-state index is 5.59. The second kappa shape index (κ2) is 7.31. The predicted molar refractivity (Wildman–Crippen MR) is 96.3 cm³/mol. The van der Waals surface area contributed by atoms with Gasteiger partial charge in [-0.3, -0.25) is 4.98 Å². The molecular weight excluding hydrogens is 334 g/mol. The topological polar surface area (TPSA) is 61.1 Å². The van der Waals surface area contributed by atoms with Crippen LogP contribution >= 0.6 is 11.3 Å². The van der Waals surface area contributed by atoms with Crippen molar-refractivity contribution in [1.82, 2.24) is 19.1 Å². The Morgan fingerprint density at radius 1 is 1.12 bits per heavy atom.